The lowest BCUT2D eigenvalue weighted by Gasteiger charge is -2.38. The fourth-order valence-electron chi connectivity index (χ4n) is 4.09. The zero-order chi connectivity index (χ0) is 18.4. The number of carbonyl (C=O) groups is 1. The summed E-state index contributed by atoms with van der Waals surface area (Å²) in [5, 5.41) is 6.71. The monoisotopic (exact) mass is 395 g/mol. The number of piperidine rings is 1. The largest absolute Gasteiger partial charge is 0.373 e. The molecule has 0 saturated carbocycles. The second-order valence-electron chi connectivity index (χ2n) is 7.73. The number of carbonyl (C=O) groups excluding carboxylic acids is 1. The van der Waals surface area contributed by atoms with Crippen LogP contribution in [0, 0.1) is 5.92 Å². The number of benzene rings is 1. The third-order valence-electron chi connectivity index (χ3n) is 5.64. The average molecular weight is 396 g/mol. The van der Waals surface area contributed by atoms with Crippen molar-refractivity contribution in [3.8, 4) is 0 Å². The highest BCUT2D eigenvalue weighted by molar-refractivity contribution is 5.85. The summed E-state index contributed by atoms with van der Waals surface area (Å²) in [4.78, 5) is 15.2. The van der Waals surface area contributed by atoms with Crippen molar-refractivity contribution >= 4 is 18.3 Å². The van der Waals surface area contributed by atoms with Gasteiger partial charge in [0.05, 0.1) is 18.8 Å². The first kappa shape index (κ1) is 22.2. The number of ether oxygens (including phenoxy) is 1. The van der Waals surface area contributed by atoms with E-state index in [-0.39, 0.29) is 36.4 Å². The van der Waals surface area contributed by atoms with Gasteiger partial charge in [-0.1, -0.05) is 37.3 Å². The Kier molecular flexibility index (Phi) is 9.03. The molecule has 2 aliphatic heterocycles. The molecular weight excluding hydrogens is 362 g/mol. The van der Waals surface area contributed by atoms with Crippen LogP contribution >= 0.6 is 12.4 Å². The van der Waals surface area contributed by atoms with Crippen LogP contribution in [-0.2, 0) is 16.1 Å². The second kappa shape index (κ2) is 11.0. The van der Waals surface area contributed by atoms with E-state index in [1.54, 1.807) is 0 Å². The van der Waals surface area contributed by atoms with Crippen molar-refractivity contribution in [2.24, 2.45) is 5.92 Å². The summed E-state index contributed by atoms with van der Waals surface area (Å²) in [6.07, 6.45) is 2.82. The van der Waals surface area contributed by atoms with Crippen molar-refractivity contribution < 1.29 is 9.53 Å². The summed E-state index contributed by atoms with van der Waals surface area (Å²) in [7, 11) is 0. The SMILES string of the molecule is CCC(NC(=O)[C@H]1CCN[C@@H](C)C1)C1CN(Cc2ccccc2)CCO1.Cl. The molecule has 2 heterocycles. The topological polar surface area (TPSA) is 53.6 Å². The molecule has 2 unspecified atom stereocenters. The highest BCUT2D eigenvalue weighted by atomic mass is 35.5. The van der Waals surface area contributed by atoms with Gasteiger partial charge in [0.25, 0.3) is 0 Å². The Morgan fingerprint density at radius 3 is 2.85 bits per heavy atom. The maximum Gasteiger partial charge on any atom is 0.223 e. The van der Waals surface area contributed by atoms with Gasteiger partial charge in [0, 0.05) is 31.6 Å². The summed E-state index contributed by atoms with van der Waals surface area (Å²) in [6.45, 7) is 8.71. The zero-order valence-electron chi connectivity index (χ0n) is 16.5. The second-order valence-corrected chi connectivity index (χ2v) is 7.73. The Labute approximate surface area is 169 Å². The number of hydrogen-bond donors (Lipinski definition) is 2. The summed E-state index contributed by atoms with van der Waals surface area (Å²) in [5.74, 6) is 0.332. The van der Waals surface area contributed by atoms with Gasteiger partial charge in [0.1, 0.15) is 0 Å². The van der Waals surface area contributed by atoms with Crippen molar-refractivity contribution in [1.82, 2.24) is 15.5 Å². The van der Waals surface area contributed by atoms with Crippen molar-refractivity contribution in [3.63, 3.8) is 0 Å². The van der Waals surface area contributed by atoms with Crippen LogP contribution in [0.5, 0.6) is 0 Å². The minimum Gasteiger partial charge on any atom is -0.373 e. The van der Waals surface area contributed by atoms with Crippen LogP contribution in [-0.4, -0.2) is 55.2 Å². The van der Waals surface area contributed by atoms with Crippen LogP contribution in [0.25, 0.3) is 0 Å². The van der Waals surface area contributed by atoms with E-state index in [1.807, 2.05) is 0 Å². The van der Waals surface area contributed by atoms with Crippen molar-refractivity contribution in [2.75, 3.05) is 26.2 Å². The van der Waals surface area contributed by atoms with Crippen molar-refractivity contribution in [2.45, 2.75) is 57.8 Å². The quantitative estimate of drug-likeness (QED) is 0.777. The number of amides is 1. The van der Waals surface area contributed by atoms with Gasteiger partial charge in [0.15, 0.2) is 0 Å². The summed E-state index contributed by atoms with van der Waals surface area (Å²) >= 11 is 0. The first-order valence-corrected chi connectivity index (χ1v) is 10.1. The zero-order valence-corrected chi connectivity index (χ0v) is 17.3. The molecule has 27 heavy (non-hydrogen) atoms. The van der Waals surface area contributed by atoms with E-state index in [1.165, 1.54) is 5.56 Å². The molecule has 2 N–H and O–H groups in total. The van der Waals surface area contributed by atoms with Gasteiger partial charge in [-0.05, 0) is 38.3 Å². The molecule has 1 aromatic rings. The minimum absolute atomic E-state index is 0. The third-order valence-corrected chi connectivity index (χ3v) is 5.64. The lowest BCUT2D eigenvalue weighted by molar-refractivity contribution is -0.129. The standard InChI is InChI=1S/C21H33N3O2.ClH/c1-3-19(23-21(25)18-9-10-22-16(2)13-18)20-15-24(11-12-26-20)14-17-7-5-4-6-8-17;/h4-8,16,18-20,22H,3,9-15H2,1-2H3,(H,23,25);1H/t16-,18-,19?,20?;/m0./s1. The molecule has 3 rings (SSSR count). The Balaban J connectivity index is 0.00000261. The van der Waals surface area contributed by atoms with Crippen LogP contribution in [0.4, 0.5) is 0 Å². The summed E-state index contributed by atoms with van der Waals surface area (Å²) < 4.78 is 6.04. The Bertz CT molecular complexity index is 572. The normalized spacial score (nSPS) is 27.4. The van der Waals surface area contributed by atoms with Crippen LogP contribution in [0.2, 0.25) is 0 Å². The molecular formula is C21H34ClN3O2. The van der Waals surface area contributed by atoms with E-state index in [0.717, 1.165) is 52.0 Å². The molecule has 4 atom stereocenters. The van der Waals surface area contributed by atoms with Crippen LogP contribution in [0.1, 0.15) is 38.7 Å². The lowest BCUT2D eigenvalue weighted by atomic mass is 9.92. The Morgan fingerprint density at radius 1 is 1.37 bits per heavy atom. The predicted molar refractivity (Wildman–Crippen MR) is 111 cm³/mol. The maximum absolute atomic E-state index is 12.7. The summed E-state index contributed by atoms with van der Waals surface area (Å²) in [6, 6.07) is 11.1. The molecule has 6 heteroatoms. The fourth-order valence-corrected chi connectivity index (χ4v) is 4.09. The van der Waals surface area contributed by atoms with E-state index in [4.69, 9.17) is 4.74 Å². The number of halogens is 1. The van der Waals surface area contributed by atoms with E-state index in [9.17, 15) is 4.79 Å². The number of rotatable bonds is 6. The number of hydrogen-bond acceptors (Lipinski definition) is 4. The molecule has 152 valence electrons. The van der Waals surface area contributed by atoms with Gasteiger partial charge in [-0.15, -0.1) is 12.4 Å². The van der Waals surface area contributed by atoms with Gasteiger partial charge in [-0.2, -0.15) is 0 Å². The van der Waals surface area contributed by atoms with Gasteiger partial charge in [0.2, 0.25) is 5.91 Å². The van der Waals surface area contributed by atoms with Crippen LogP contribution in [0.3, 0.4) is 0 Å². The molecule has 2 saturated heterocycles. The van der Waals surface area contributed by atoms with E-state index in [0.29, 0.717) is 6.04 Å². The third kappa shape index (κ3) is 6.46. The number of nitrogens with zero attached hydrogens (tertiary/aromatic N) is 1. The molecule has 0 spiro atoms. The Morgan fingerprint density at radius 2 is 2.15 bits per heavy atom. The van der Waals surface area contributed by atoms with E-state index >= 15 is 0 Å². The smallest absolute Gasteiger partial charge is 0.223 e. The fraction of sp³-hybridized carbons (Fsp3) is 0.667. The summed E-state index contributed by atoms with van der Waals surface area (Å²) in [5.41, 5.74) is 1.33. The highest BCUT2D eigenvalue weighted by Gasteiger charge is 2.31. The van der Waals surface area contributed by atoms with Gasteiger partial charge >= 0.3 is 0 Å². The minimum atomic E-state index is 0. The molecule has 2 aliphatic rings. The molecule has 0 bridgehead atoms. The van der Waals surface area contributed by atoms with Crippen LogP contribution in [0.15, 0.2) is 30.3 Å². The Hall–Kier alpha value is -1.14. The van der Waals surface area contributed by atoms with Gasteiger partial charge in [-0.25, -0.2) is 0 Å². The molecule has 0 aliphatic carbocycles. The molecule has 0 aromatic heterocycles. The first-order chi connectivity index (χ1) is 12.7. The molecule has 0 radical (unpaired) electrons. The highest BCUT2D eigenvalue weighted by Crippen LogP contribution is 2.19. The average Bonchev–Trinajstić information content (AvgIpc) is 2.67. The van der Waals surface area contributed by atoms with Crippen LogP contribution < -0.4 is 10.6 Å². The molecule has 2 fully saturated rings. The predicted octanol–water partition coefficient (Wildman–Crippen LogP) is 2.59. The molecule has 1 amide bonds. The van der Waals surface area contributed by atoms with Gasteiger partial charge < -0.3 is 15.4 Å². The molecule has 5 nitrogen and oxygen atoms in total. The maximum atomic E-state index is 12.7. The van der Waals surface area contributed by atoms with E-state index < -0.39 is 0 Å². The number of nitrogens with one attached hydrogen (secondary N) is 2. The van der Waals surface area contributed by atoms with Crippen molar-refractivity contribution in [3.05, 3.63) is 35.9 Å². The van der Waals surface area contributed by atoms with Crippen molar-refractivity contribution in [1.29, 1.82) is 0 Å². The number of morpholine rings is 1. The lowest BCUT2D eigenvalue weighted by Crippen LogP contribution is -2.54. The van der Waals surface area contributed by atoms with Gasteiger partial charge in [-0.3, -0.25) is 9.69 Å². The first-order valence-electron chi connectivity index (χ1n) is 10.1. The molecule has 1 aromatic carbocycles. The van der Waals surface area contributed by atoms with E-state index in [2.05, 4.69) is 59.7 Å².